The summed E-state index contributed by atoms with van der Waals surface area (Å²) in [7, 11) is 12.0. The zero-order chi connectivity index (χ0) is 37.3. The molecule has 4 aromatic carbocycles. The predicted octanol–water partition coefficient (Wildman–Crippen LogP) is 5.42. The lowest BCUT2D eigenvalue weighted by Gasteiger charge is -2.37. The molecule has 1 aliphatic carbocycles. The SMILES string of the molecule is COc1ccc(CCN2C(=O)C(c3ccc(OC)c(OC)c3)C3(O)C2=C(c2ccc(OC)c(OC)c2)C(=O)c2cc(OC)c(OC)cc23)cc1OC. The number of carbonyl (C=O) groups excluding carboxylic acids is 2. The maximum Gasteiger partial charge on any atom is 0.238 e. The van der Waals surface area contributed by atoms with Gasteiger partial charge in [-0.05, 0) is 71.6 Å². The van der Waals surface area contributed by atoms with Crippen LogP contribution < -0.4 is 37.9 Å². The number of allylic oxidation sites excluding steroid dienone is 1. The average molecular weight is 712 g/mol. The molecule has 2 unspecified atom stereocenters. The van der Waals surface area contributed by atoms with Gasteiger partial charge >= 0.3 is 0 Å². The number of aliphatic hydroxyl groups is 1. The second kappa shape index (κ2) is 14.4. The number of nitrogens with zero attached hydrogens (tertiary/aromatic N) is 1. The molecule has 6 rings (SSSR count). The van der Waals surface area contributed by atoms with Crippen molar-refractivity contribution >= 4 is 17.3 Å². The molecule has 12 nitrogen and oxygen atoms in total. The van der Waals surface area contributed by atoms with Gasteiger partial charge in [0.2, 0.25) is 5.91 Å². The standard InChI is InChI=1S/C40H41NO11/c1-45-27-12-9-22(17-30(27)48-4)15-16-41-38-35(23-10-13-28(46-2)31(18-23)49-5)37(42)25-20-33(51-7)34(52-8)21-26(25)40(38,44)36(39(41)43)24-11-14-29(47-3)32(19-24)50-6/h9-14,17-21,36,44H,15-16H2,1-8H3. The smallest absolute Gasteiger partial charge is 0.238 e. The van der Waals surface area contributed by atoms with Crippen LogP contribution >= 0.6 is 0 Å². The molecule has 272 valence electrons. The normalized spacial score (nSPS) is 17.7. The zero-order valence-corrected chi connectivity index (χ0v) is 30.3. The van der Waals surface area contributed by atoms with Gasteiger partial charge in [0.15, 0.2) is 51.8 Å². The van der Waals surface area contributed by atoms with Crippen LogP contribution in [-0.4, -0.2) is 85.1 Å². The maximum absolute atomic E-state index is 15.1. The number of methoxy groups -OCH3 is 8. The van der Waals surface area contributed by atoms with Crippen LogP contribution in [0.25, 0.3) is 5.57 Å². The van der Waals surface area contributed by atoms with Crippen LogP contribution in [0.3, 0.4) is 0 Å². The van der Waals surface area contributed by atoms with Crippen molar-refractivity contribution in [3.05, 3.63) is 100 Å². The number of Topliss-reactive ketones (excluding diaryl/α,β-unsaturated/α-hetero) is 1. The van der Waals surface area contributed by atoms with E-state index in [-0.39, 0.29) is 40.4 Å². The molecule has 52 heavy (non-hydrogen) atoms. The minimum Gasteiger partial charge on any atom is -0.493 e. The minimum absolute atomic E-state index is 0.0996. The molecule has 1 heterocycles. The van der Waals surface area contributed by atoms with E-state index in [0.717, 1.165) is 5.56 Å². The third-order valence-corrected chi connectivity index (χ3v) is 9.69. The highest BCUT2D eigenvalue weighted by Gasteiger charge is 2.62. The predicted molar refractivity (Wildman–Crippen MR) is 191 cm³/mol. The number of carbonyl (C=O) groups is 2. The monoisotopic (exact) mass is 711 g/mol. The Morgan fingerprint density at radius 2 is 1.10 bits per heavy atom. The fourth-order valence-electron chi connectivity index (χ4n) is 7.19. The van der Waals surface area contributed by atoms with E-state index >= 15 is 4.79 Å². The summed E-state index contributed by atoms with van der Waals surface area (Å²) in [5.41, 5.74) is 0.183. The number of ether oxygens (including phenoxy) is 8. The summed E-state index contributed by atoms with van der Waals surface area (Å²) < 4.78 is 44.4. The van der Waals surface area contributed by atoms with Crippen molar-refractivity contribution in [2.75, 3.05) is 63.4 Å². The van der Waals surface area contributed by atoms with E-state index in [0.29, 0.717) is 52.0 Å². The second-order valence-corrected chi connectivity index (χ2v) is 12.1. The molecular weight excluding hydrogens is 670 g/mol. The topological polar surface area (TPSA) is 131 Å². The van der Waals surface area contributed by atoms with Gasteiger partial charge in [0.1, 0.15) is 11.5 Å². The lowest BCUT2D eigenvalue weighted by atomic mass is 9.69. The first kappa shape index (κ1) is 35.9. The summed E-state index contributed by atoms with van der Waals surface area (Å²) >= 11 is 0. The van der Waals surface area contributed by atoms with Crippen LogP contribution in [0, 0.1) is 0 Å². The third kappa shape index (κ3) is 5.69. The number of rotatable bonds is 13. The highest BCUT2D eigenvalue weighted by molar-refractivity contribution is 6.32. The molecule has 0 radical (unpaired) electrons. The Hall–Kier alpha value is -5.88. The molecule has 0 bridgehead atoms. The van der Waals surface area contributed by atoms with Gasteiger partial charge in [-0.2, -0.15) is 0 Å². The quantitative estimate of drug-likeness (QED) is 0.191. The molecular formula is C40H41NO11. The Morgan fingerprint density at radius 1 is 0.596 bits per heavy atom. The van der Waals surface area contributed by atoms with Gasteiger partial charge in [0.05, 0.1) is 68.1 Å². The molecule has 4 aromatic rings. The van der Waals surface area contributed by atoms with E-state index in [1.165, 1.54) is 53.6 Å². The van der Waals surface area contributed by atoms with Crippen molar-refractivity contribution < 1.29 is 52.6 Å². The molecule has 1 fully saturated rings. The van der Waals surface area contributed by atoms with Gasteiger partial charge in [-0.1, -0.05) is 18.2 Å². The number of amides is 1. The van der Waals surface area contributed by atoms with Crippen LogP contribution in [0.4, 0.5) is 0 Å². The van der Waals surface area contributed by atoms with E-state index in [1.807, 2.05) is 12.1 Å². The molecule has 1 N–H and O–H groups in total. The minimum atomic E-state index is -2.08. The number of benzene rings is 4. The van der Waals surface area contributed by atoms with Crippen molar-refractivity contribution in [1.29, 1.82) is 0 Å². The highest BCUT2D eigenvalue weighted by atomic mass is 16.5. The van der Waals surface area contributed by atoms with E-state index in [2.05, 4.69) is 0 Å². The molecule has 12 heteroatoms. The van der Waals surface area contributed by atoms with Gasteiger partial charge in [-0.15, -0.1) is 0 Å². The van der Waals surface area contributed by atoms with Crippen molar-refractivity contribution in [3.8, 4) is 46.0 Å². The highest BCUT2D eigenvalue weighted by Crippen LogP contribution is 2.58. The fraction of sp³-hybridized carbons (Fsp3) is 0.300. The summed E-state index contributed by atoms with van der Waals surface area (Å²) in [6.07, 6.45) is 0.344. The van der Waals surface area contributed by atoms with E-state index in [1.54, 1.807) is 62.8 Å². The lowest BCUT2D eigenvalue weighted by molar-refractivity contribution is -0.129. The maximum atomic E-state index is 15.1. The summed E-state index contributed by atoms with van der Waals surface area (Å²) in [5, 5.41) is 13.5. The molecule has 1 amide bonds. The van der Waals surface area contributed by atoms with Crippen molar-refractivity contribution in [3.63, 3.8) is 0 Å². The van der Waals surface area contributed by atoms with Crippen molar-refractivity contribution in [2.45, 2.75) is 17.9 Å². The number of hydrogen-bond donors (Lipinski definition) is 1. The number of likely N-dealkylation sites (tertiary alicyclic amines) is 1. The van der Waals surface area contributed by atoms with E-state index < -0.39 is 23.2 Å². The van der Waals surface area contributed by atoms with Gasteiger partial charge in [-0.25, -0.2) is 0 Å². The Kier molecular flexibility index (Phi) is 9.94. The van der Waals surface area contributed by atoms with Crippen LogP contribution in [0.2, 0.25) is 0 Å². The molecule has 0 aromatic heterocycles. The molecule has 2 aliphatic rings. The summed E-state index contributed by atoms with van der Waals surface area (Å²) in [6, 6.07) is 18.7. The molecule has 0 saturated carbocycles. The Labute approximate surface area is 302 Å². The van der Waals surface area contributed by atoms with Gasteiger partial charge in [-0.3, -0.25) is 9.59 Å². The Morgan fingerprint density at radius 3 is 1.69 bits per heavy atom. The Bertz CT molecular complexity index is 2070. The summed E-state index contributed by atoms with van der Waals surface area (Å²) in [5.74, 6) is 1.17. The average Bonchev–Trinajstić information content (AvgIpc) is 3.41. The first-order chi connectivity index (χ1) is 25.1. The largest absolute Gasteiger partial charge is 0.493 e. The van der Waals surface area contributed by atoms with Gasteiger partial charge in [0, 0.05) is 17.7 Å². The van der Waals surface area contributed by atoms with Crippen molar-refractivity contribution in [2.24, 2.45) is 0 Å². The summed E-state index contributed by atoms with van der Waals surface area (Å²) in [4.78, 5) is 31.5. The van der Waals surface area contributed by atoms with Crippen LogP contribution in [0.15, 0.2) is 72.4 Å². The summed E-state index contributed by atoms with van der Waals surface area (Å²) in [6.45, 7) is 0.0996. The molecule has 1 saturated heterocycles. The van der Waals surface area contributed by atoms with E-state index in [9.17, 15) is 9.90 Å². The second-order valence-electron chi connectivity index (χ2n) is 12.1. The number of fused-ring (bicyclic) bond motifs is 3. The van der Waals surface area contributed by atoms with E-state index in [4.69, 9.17) is 37.9 Å². The number of hydrogen-bond acceptors (Lipinski definition) is 11. The zero-order valence-electron chi connectivity index (χ0n) is 30.3. The fourth-order valence-corrected chi connectivity index (χ4v) is 7.19. The van der Waals surface area contributed by atoms with Crippen LogP contribution in [0.1, 0.15) is 38.5 Å². The Balaban J connectivity index is 1.66. The first-order valence-electron chi connectivity index (χ1n) is 16.4. The van der Waals surface area contributed by atoms with Gasteiger partial charge < -0.3 is 47.9 Å². The molecule has 0 spiro atoms. The third-order valence-electron chi connectivity index (χ3n) is 9.69. The number of ketones is 1. The van der Waals surface area contributed by atoms with Crippen LogP contribution in [0.5, 0.6) is 46.0 Å². The van der Waals surface area contributed by atoms with Crippen molar-refractivity contribution in [1.82, 2.24) is 4.90 Å². The first-order valence-corrected chi connectivity index (χ1v) is 16.4. The van der Waals surface area contributed by atoms with Crippen LogP contribution in [-0.2, 0) is 16.8 Å². The molecule has 2 atom stereocenters. The lowest BCUT2D eigenvalue weighted by Crippen LogP contribution is -2.39. The molecule has 1 aliphatic heterocycles. The van der Waals surface area contributed by atoms with Gasteiger partial charge in [0.25, 0.3) is 0 Å².